The van der Waals surface area contributed by atoms with Gasteiger partial charge in [0, 0.05) is 50.2 Å². The average molecular weight is 1360 g/mol. The van der Waals surface area contributed by atoms with Crippen LogP contribution >= 0.6 is 0 Å². The molecule has 0 aliphatic carbocycles. The molecule has 528 valence electrons. The van der Waals surface area contributed by atoms with Gasteiger partial charge in [0.1, 0.15) is 23.0 Å². The Balaban J connectivity index is 1.12. The van der Waals surface area contributed by atoms with Crippen molar-refractivity contribution in [1.29, 1.82) is 0 Å². The van der Waals surface area contributed by atoms with Gasteiger partial charge in [-0.1, -0.05) is 275 Å². The van der Waals surface area contributed by atoms with Crippen molar-refractivity contribution in [3.05, 3.63) is 166 Å². The first-order valence-corrected chi connectivity index (χ1v) is 43.8. The fraction of sp³-hybridized carbons (Fsp3) is 0.473. The molecule has 0 spiro atoms. The second-order valence-corrected chi connectivity index (χ2v) is 49.7. The van der Waals surface area contributed by atoms with Gasteiger partial charge in [-0.3, -0.25) is 0 Å². The molecule has 0 saturated carbocycles. The highest BCUT2D eigenvalue weighted by Crippen LogP contribution is 2.51. The van der Waals surface area contributed by atoms with Gasteiger partial charge in [0.15, 0.2) is 0 Å². The van der Waals surface area contributed by atoms with Gasteiger partial charge in [-0.05, 0) is 163 Å². The summed E-state index contributed by atoms with van der Waals surface area (Å²) in [4.78, 5) is 0. The molecule has 2 N–H and O–H groups in total. The van der Waals surface area contributed by atoms with E-state index in [-0.39, 0.29) is 54.8 Å². The number of hydrogen-bond donors (Lipinski definition) is 2. The number of ether oxygens (including phenoxy) is 2. The van der Waals surface area contributed by atoms with Gasteiger partial charge < -0.3 is 28.8 Å². The number of aryl methyl sites for hydroxylation is 2. The Hall–Kier alpha value is -7.01. The molecular formula is C91H122N2O4Si2. The molecule has 0 aliphatic rings. The van der Waals surface area contributed by atoms with Gasteiger partial charge in [-0.25, -0.2) is 0 Å². The first-order chi connectivity index (χ1) is 45.2. The van der Waals surface area contributed by atoms with E-state index in [1.807, 2.05) is 0 Å². The van der Waals surface area contributed by atoms with E-state index in [9.17, 15) is 10.2 Å². The zero-order valence-corrected chi connectivity index (χ0v) is 68.7. The molecule has 0 saturated heterocycles. The molecule has 6 nitrogen and oxygen atoms in total. The summed E-state index contributed by atoms with van der Waals surface area (Å²) in [6.45, 7) is 70.4. The summed E-state index contributed by atoms with van der Waals surface area (Å²) in [5.41, 5.74) is 17.6. The van der Waals surface area contributed by atoms with Crippen LogP contribution in [0.4, 0.5) is 0 Å². The van der Waals surface area contributed by atoms with Gasteiger partial charge in [0.2, 0.25) is 0 Å². The van der Waals surface area contributed by atoms with Crippen molar-refractivity contribution >= 4 is 70.1 Å². The van der Waals surface area contributed by atoms with Crippen LogP contribution in [0.1, 0.15) is 216 Å². The zero-order chi connectivity index (χ0) is 73.4. The third kappa shape index (κ3) is 15.3. The number of fused-ring (bicyclic) bond motifs is 6. The molecule has 0 radical (unpaired) electrons. The molecule has 2 aromatic heterocycles. The van der Waals surface area contributed by atoms with Crippen LogP contribution in [0.15, 0.2) is 121 Å². The van der Waals surface area contributed by atoms with E-state index in [2.05, 4.69) is 336 Å². The van der Waals surface area contributed by atoms with Crippen molar-refractivity contribution in [2.45, 2.75) is 257 Å². The first-order valence-electron chi connectivity index (χ1n) is 36.8. The lowest BCUT2D eigenvalue weighted by Crippen LogP contribution is -2.38. The highest BCUT2D eigenvalue weighted by molar-refractivity contribution is 6.89. The van der Waals surface area contributed by atoms with Crippen LogP contribution in [0.2, 0.25) is 39.3 Å². The van der Waals surface area contributed by atoms with Crippen LogP contribution in [0.3, 0.4) is 0 Å². The number of aromatic hydroxyl groups is 2. The number of nitrogens with zero attached hydrogens (tertiary/aromatic N) is 2. The van der Waals surface area contributed by atoms with E-state index in [1.165, 1.54) is 32.6 Å². The fourth-order valence-corrected chi connectivity index (χ4v) is 18.1. The molecule has 0 bridgehead atoms. The summed E-state index contributed by atoms with van der Waals surface area (Å²) in [6, 6.07) is 46.2. The second kappa shape index (κ2) is 25.5. The van der Waals surface area contributed by atoms with Crippen LogP contribution < -0.4 is 19.8 Å². The molecule has 10 rings (SSSR count). The molecule has 0 aliphatic heterocycles. The first kappa shape index (κ1) is 74.7. The summed E-state index contributed by atoms with van der Waals surface area (Å²) >= 11 is 0. The van der Waals surface area contributed by atoms with Gasteiger partial charge in [0.05, 0.1) is 62.8 Å². The summed E-state index contributed by atoms with van der Waals surface area (Å²) < 4.78 is 19.2. The maximum atomic E-state index is 13.6. The number of phenolic OH excluding ortho intramolecular Hbond substituents is 2. The quantitative estimate of drug-likeness (QED) is 0.0747. The minimum absolute atomic E-state index is 0.0233. The third-order valence-corrected chi connectivity index (χ3v) is 24.9. The molecule has 99 heavy (non-hydrogen) atoms. The monoisotopic (exact) mass is 1360 g/mol. The SMILES string of the molecule is Cc1cc([Si](C)(C)C)cc(-c2cc(C(C)(C)CC(C)(C)C)cc(-n3c4cc(C(C)(C)C)ccc4c4ccc(C(C)(C)C)cc43)c2O)c1OCCCOc1c(C)cc([Si](C)(C)C)cc1-c1cc(C(C)(C)CC(C)(C)C)cc(-n2c3cc(C(C)(C)C)ccc3c3ccc(C(C)(C)C)cc32)c1O. The molecule has 8 aromatic carbocycles. The Labute approximate surface area is 599 Å². The van der Waals surface area contributed by atoms with Gasteiger partial charge in [-0.15, -0.1) is 0 Å². The van der Waals surface area contributed by atoms with Gasteiger partial charge in [-0.2, -0.15) is 0 Å². The highest BCUT2D eigenvalue weighted by atomic mass is 28.3. The zero-order valence-electron chi connectivity index (χ0n) is 66.7. The molecular weight excluding hydrogens is 1240 g/mol. The smallest absolute Gasteiger partial charge is 0.147 e. The van der Waals surface area contributed by atoms with Gasteiger partial charge >= 0.3 is 0 Å². The van der Waals surface area contributed by atoms with Crippen molar-refractivity contribution in [3.8, 4) is 56.6 Å². The molecule has 0 fully saturated rings. The Bertz CT molecular complexity index is 4310. The second-order valence-electron chi connectivity index (χ2n) is 39.5. The average Bonchev–Trinajstić information content (AvgIpc) is 1.34. The Morgan fingerprint density at radius 1 is 0.333 bits per heavy atom. The van der Waals surface area contributed by atoms with Crippen LogP contribution in [-0.2, 0) is 32.5 Å². The summed E-state index contributed by atoms with van der Waals surface area (Å²) in [7, 11) is -3.89. The van der Waals surface area contributed by atoms with Crippen molar-refractivity contribution < 1.29 is 19.7 Å². The molecule has 0 amide bonds. The van der Waals surface area contributed by atoms with E-state index in [1.54, 1.807) is 0 Å². The van der Waals surface area contributed by atoms with Crippen molar-refractivity contribution in [2.75, 3.05) is 13.2 Å². The van der Waals surface area contributed by atoms with Crippen molar-refractivity contribution in [3.63, 3.8) is 0 Å². The standard InChI is InChI=1S/C91H122N2O4Si2/c1-56-42-64(98(25,26)27)52-72(70-44-62(90(21,22)54-84(3,4)5)50-78(80(70)94)92-74-46-58(86(9,10)11)32-36-66(74)67-37-33-59(47-75(67)92)87(12,13)14)82(56)96-40-31-41-97-83-57(2)43-65(99(28,29)30)53-73(83)71-45-63(91(23,24)55-85(6,7)8)51-79(81(71)95)93-76-48-60(88(15,16)17)34-38-68(76)69-39-35-61(49-77(69)93)89(18,19)20/h32-39,42-53,94-95H,31,40-41,54-55H2,1-30H3. The number of phenols is 2. The fourth-order valence-electron chi connectivity index (χ4n) is 15.7. The minimum Gasteiger partial charge on any atom is -0.505 e. The molecule has 0 unspecified atom stereocenters. The number of benzene rings is 8. The van der Waals surface area contributed by atoms with E-state index in [4.69, 9.17) is 9.47 Å². The largest absolute Gasteiger partial charge is 0.505 e. The third-order valence-electron chi connectivity index (χ3n) is 20.8. The summed E-state index contributed by atoms with van der Waals surface area (Å²) in [5.74, 6) is 2.01. The van der Waals surface area contributed by atoms with Crippen LogP contribution in [0.25, 0.3) is 77.2 Å². The number of hydrogen-bond acceptors (Lipinski definition) is 4. The molecule has 0 atom stereocenters. The summed E-state index contributed by atoms with van der Waals surface area (Å²) in [6.07, 6.45) is 2.44. The van der Waals surface area contributed by atoms with Crippen molar-refractivity contribution in [2.24, 2.45) is 10.8 Å². The van der Waals surface area contributed by atoms with E-state index >= 15 is 0 Å². The van der Waals surface area contributed by atoms with Crippen LogP contribution in [0, 0.1) is 24.7 Å². The lowest BCUT2D eigenvalue weighted by atomic mass is 9.71. The minimum atomic E-state index is -1.95. The predicted octanol–water partition coefficient (Wildman–Crippen LogP) is 24.8. The lowest BCUT2D eigenvalue weighted by molar-refractivity contribution is 0.247. The number of aromatic nitrogens is 2. The lowest BCUT2D eigenvalue weighted by Gasteiger charge is -2.34. The summed E-state index contributed by atoms with van der Waals surface area (Å²) in [5, 5.41) is 34.5. The maximum Gasteiger partial charge on any atom is 0.147 e. The van der Waals surface area contributed by atoms with Crippen molar-refractivity contribution in [1.82, 2.24) is 9.13 Å². The molecule has 10 aromatic rings. The van der Waals surface area contributed by atoms with Crippen LogP contribution in [0.5, 0.6) is 23.0 Å². The van der Waals surface area contributed by atoms with E-state index in [0.717, 1.165) is 124 Å². The van der Waals surface area contributed by atoms with E-state index < -0.39 is 16.1 Å². The Morgan fingerprint density at radius 3 is 0.848 bits per heavy atom. The number of rotatable bonds is 16. The van der Waals surface area contributed by atoms with E-state index in [0.29, 0.717) is 19.6 Å². The van der Waals surface area contributed by atoms with Gasteiger partial charge in [0.25, 0.3) is 0 Å². The topological polar surface area (TPSA) is 68.8 Å². The van der Waals surface area contributed by atoms with Crippen LogP contribution in [-0.4, -0.2) is 48.7 Å². The normalized spacial score (nSPS) is 13.6. The molecule has 8 heteroatoms. The predicted molar refractivity (Wildman–Crippen MR) is 436 cm³/mol. The Morgan fingerprint density at radius 2 is 0.606 bits per heavy atom. The molecule has 2 heterocycles. The Kier molecular flexibility index (Phi) is 19.2. The maximum absolute atomic E-state index is 13.6. The highest BCUT2D eigenvalue weighted by Gasteiger charge is 2.35.